The maximum Gasteiger partial charge on any atom is 0.343 e. The van der Waals surface area contributed by atoms with Gasteiger partial charge in [-0.25, -0.2) is 9.18 Å². The number of carbonyl (C=O) groups is 1. The number of halogens is 1. The van der Waals surface area contributed by atoms with Crippen LogP contribution < -0.4 is 5.63 Å². The van der Waals surface area contributed by atoms with Gasteiger partial charge in [0.1, 0.15) is 22.9 Å². The minimum Gasteiger partial charge on any atom is -0.507 e. The predicted molar refractivity (Wildman–Crippen MR) is 87.7 cm³/mol. The van der Waals surface area contributed by atoms with Crippen molar-refractivity contribution in [2.45, 2.75) is 19.3 Å². The Morgan fingerprint density at radius 2 is 1.92 bits per heavy atom. The van der Waals surface area contributed by atoms with Gasteiger partial charge in [0.2, 0.25) is 0 Å². The zero-order valence-corrected chi connectivity index (χ0v) is 13.0. The van der Waals surface area contributed by atoms with Crippen molar-refractivity contribution >= 4 is 16.8 Å². The number of rotatable bonds is 4. The molecular formula is C19H15FO4. The first-order chi connectivity index (χ1) is 11.5. The van der Waals surface area contributed by atoms with Crippen LogP contribution in [-0.4, -0.2) is 10.9 Å². The van der Waals surface area contributed by atoms with Gasteiger partial charge in [-0.3, -0.25) is 4.79 Å². The van der Waals surface area contributed by atoms with Gasteiger partial charge in [0.25, 0.3) is 0 Å². The minimum absolute atomic E-state index is 0.00973. The van der Waals surface area contributed by atoms with Gasteiger partial charge >= 0.3 is 5.63 Å². The number of aromatic hydroxyl groups is 1. The Hall–Kier alpha value is -2.95. The molecule has 0 amide bonds. The van der Waals surface area contributed by atoms with Crippen LogP contribution in [0.25, 0.3) is 11.0 Å². The Bertz CT molecular complexity index is 960. The van der Waals surface area contributed by atoms with E-state index in [-0.39, 0.29) is 34.5 Å². The lowest BCUT2D eigenvalue weighted by Crippen LogP contribution is -2.16. The Morgan fingerprint density at radius 1 is 1.21 bits per heavy atom. The highest BCUT2D eigenvalue weighted by atomic mass is 19.1. The van der Waals surface area contributed by atoms with E-state index >= 15 is 0 Å². The summed E-state index contributed by atoms with van der Waals surface area (Å²) in [5.74, 6) is -1.60. The highest BCUT2D eigenvalue weighted by Crippen LogP contribution is 2.36. The molecular weight excluding hydrogens is 311 g/mol. The molecule has 0 spiro atoms. The quantitative estimate of drug-likeness (QED) is 0.742. The molecule has 0 aliphatic rings. The smallest absolute Gasteiger partial charge is 0.343 e. The lowest BCUT2D eigenvalue weighted by atomic mass is 9.87. The minimum atomic E-state index is -0.777. The largest absolute Gasteiger partial charge is 0.507 e. The first kappa shape index (κ1) is 15.9. The van der Waals surface area contributed by atoms with Crippen molar-refractivity contribution in [1.82, 2.24) is 0 Å². The molecule has 3 rings (SSSR count). The summed E-state index contributed by atoms with van der Waals surface area (Å²) in [5, 5.41) is 10.8. The molecule has 24 heavy (non-hydrogen) atoms. The second-order valence-corrected chi connectivity index (χ2v) is 5.66. The second kappa shape index (κ2) is 6.28. The average Bonchev–Trinajstić information content (AvgIpc) is 2.54. The monoisotopic (exact) mass is 326 g/mol. The van der Waals surface area contributed by atoms with Crippen LogP contribution in [0.15, 0.2) is 57.7 Å². The Kier molecular flexibility index (Phi) is 4.16. The van der Waals surface area contributed by atoms with Gasteiger partial charge < -0.3 is 9.52 Å². The zero-order valence-electron chi connectivity index (χ0n) is 13.0. The molecule has 1 N–H and O–H groups in total. The van der Waals surface area contributed by atoms with Crippen LogP contribution in [0, 0.1) is 5.82 Å². The lowest BCUT2D eigenvalue weighted by molar-refractivity contribution is -0.117. The molecule has 5 heteroatoms. The molecule has 0 bridgehead atoms. The summed E-state index contributed by atoms with van der Waals surface area (Å²) in [6.07, 6.45) is 0.0506. The molecule has 0 aliphatic heterocycles. The van der Waals surface area contributed by atoms with Crippen molar-refractivity contribution in [3.05, 3.63) is 75.9 Å². The van der Waals surface area contributed by atoms with E-state index < -0.39 is 17.4 Å². The van der Waals surface area contributed by atoms with E-state index in [2.05, 4.69) is 0 Å². The third kappa shape index (κ3) is 2.93. The number of Topliss-reactive ketones (excluding diaryl/α,β-unsaturated/α-hetero) is 1. The van der Waals surface area contributed by atoms with E-state index in [0.717, 1.165) is 11.6 Å². The van der Waals surface area contributed by atoms with E-state index in [1.165, 1.54) is 19.1 Å². The van der Waals surface area contributed by atoms with Crippen molar-refractivity contribution in [2.75, 3.05) is 0 Å². The Morgan fingerprint density at radius 3 is 2.58 bits per heavy atom. The fraction of sp³-hybridized carbons (Fsp3) is 0.158. The van der Waals surface area contributed by atoms with Crippen molar-refractivity contribution in [1.29, 1.82) is 0 Å². The average molecular weight is 326 g/mol. The van der Waals surface area contributed by atoms with Crippen LogP contribution in [0.1, 0.15) is 30.4 Å². The number of hydrogen-bond donors (Lipinski definition) is 1. The molecule has 1 unspecified atom stereocenters. The normalized spacial score (nSPS) is 12.2. The van der Waals surface area contributed by atoms with Gasteiger partial charge in [-0.1, -0.05) is 30.3 Å². The molecule has 4 nitrogen and oxygen atoms in total. The summed E-state index contributed by atoms with van der Waals surface area (Å²) in [6.45, 7) is 1.42. The van der Waals surface area contributed by atoms with Gasteiger partial charge in [-0.05, 0) is 24.6 Å². The topological polar surface area (TPSA) is 67.5 Å². The fourth-order valence-electron chi connectivity index (χ4n) is 2.84. The first-order valence-corrected chi connectivity index (χ1v) is 7.47. The molecule has 1 aromatic heterocycles. The maximum absolute atomic E-state index is 13.3. The summed E-state index contributed by atoms with van der Waals surface area (Å²) in [7, 11) is 0. The predicted octanol–water partition coefficient (Wildman–Crippen LogP) is 3.75. The number of ketones is 1. The van der Waals surface area contributed by atoms with Gasteiger partial charge in [-0.15, -0.1) is 0 Å². The molecule has 1 heterocycles. The highest BCUT2D eigenvalue weighted by Gasteiger charge is 2.25. The van der Waals surface area contributed by atoms with Crippen LogP contribution >= 0.6 is 0 Å². The van der Waals surface area contributed by atoms with E-state index in [1.807, 2.05) is 6.07 Å². The number of hydrogen-bond acceptors (Lipinski definition) is 4. The van der Waals surface area contributed by atoms with E-state index in [4.69, 9.17) is 4.42 Å². The molecule has 0 radical (unpaired) electrons. The van der Waals surface area contributed by atoms with Gasteiger partial charge in [-0.2, -0.15) is 0 Å². The van der Waals surface area contributed by atoms with E-state index in [9.17, 15) is 19.1 Å². The molecule has 2 aromatic carbocycles. The van der Waals surface area contributed by atoms with Crippen LogP contribution in [0.5, 0.6) is 5.75 Å². The Labute approximate surface area is 137 Å². The third-order valence-electron chi connectivity index (χ3n) is 3.92. The van der Waals surface area contributed by atoms with Crippen molar-refractivity contribution in [3.63, 3.8) is 0 Å². The SMILES string of the molecule is CC(=O)CC(c1ccccc1)c1c(O)c2ccc(F)cc2oc1=O. The van der Waals surface area contributed by atoms with Crippen molar-refractivity contribution in [2.24, 2.45) is 0 Å². The molecule has 0 aliphatic carbocycles. The zero-order chi connectivity index (χ0) is 17.3. The summed E-state index contributed by atoms with van der Waals surface area (Å²) in [6, 6.07) is 12.5. The molecule has 0 fully saturated rings. The van der Waals surface area contributed by atoms with Gasteiger partial charge in [0.05, 0.1) is 10.9 Å². The summed E-state index contributed by atoms with van der Waals surface area (Å²) in [5.41, 5.74) is -0.0798. The van der Waals surface area contributed by atoms with Crippen molar-refractivity contribution in [3.8, 4) is 5.75 Å². The second-order valence-electron chi connectivity index (χ2n) is 5.66. The standard InChI is InChI=1S/C19H15FO4/c1-11(21)9-15(12-5-3-2-4-6-12)17-18(22)14-8-7-13(20)10-16(14)24-19(17)23/h2-8,10,15,22H,9H2,1H3. The third-order valence-corrected chi connectivity index (χ3v) is 3.92. The van der Waals surface area contributed by atoms with Crippen LogP contribution in [0.4, 0.5) is 4.39 Å². The molecule has 0 saturated carbocycles. The van der Waals surface area contributed by atoms with Crippen molar-refractivity contribution < 1.29 is 18.7 Å². The van der Waals surface area contributed by atoms with E-state index in [1.54, 1.807) is 24.3 Å². The Balaban J connectivity index is 2.26. The van der Waals surface area contributed by atoms with Gasteiger partial charge in [0.15, 0.2) is 0 Å². The molecule has 122 valence electrons. The summed E-state index contributed by atoms with van der Waals surface area (Å²) >= 11 is 0. The maximum atomic E-state index is 13.3. The number of fused-ring (bicyclic) bond motifs is 1. The van der Waals surface area contributed by atoms with E-state index in [0.29, 0.717) is 0 Å². The molecule has 1 atom stereocenters. The lowest BCUT2D eigenvalue weighted by Gasteiger charge is -2.17. The fourth-order valence-corrected chi connectivity index (χ4v) is 2.84. The summed E-state index contributed by atoms with van der Waals surface area (Å²) < 4.78 is 18.5. The highest BCUT2D eigenvalue weighted by molar-refractivity contribution is 5.85. The molecule has 3 aromatic rings. The first-order valence-electron chi connectivity index (χ1n) is 7.47. The van der Waals surface area contributed by atoms with Crippen LogP contribution in [-0.2, 0) is 4.79 Å². The summed E-state index contributed by atoms with van der Waals surface area (Å²) in [4.78, 5) is 24.1. The number of carbonyl (C=O) groups excluding carboxylic acids is 1. The van der Waals surface area contributed by atoms with Gasteiger partial charge in [0, 0.05) is 18.4 Å². The molecule has 0 saturated heterocycles. The van der Waals surface area contributed by atoms with Crippen LogP contribution in [0.2, 0.25) is 0 Å². The van der Waals surface area contributed by atoms with Crippen LogP contribution in [0.3, 0.4) is 0 Å². The number of benzene rings is 2.